The Bertz CT molecular complexity index is 558. The van der Waals surface area contributed by atoms with Gasteiger partial charge in [0, 0.05) is 11.8 Å². The van der Waals surface area contributed by atoms with Gasteiger partial charge in [0.2, 0.25) is 0 Å². The summed E-state index contributed by atoms with van der Waals surface area (Å²) in [7, 11) is 0. The number of hydrogen-bond acceptors (Lipinski definition) is 2. The number of allylic oxidation sites excluding steroid dienone is 1. The van der Waals surface area contributed by atoms with Gasteiger partial charge in [0.25, 0.3) is 5.91 Å². The molecule has 0 aromatic heterocycles. The minimum atomic E-state index is -0.321. The number of hydrogen-bond donors (Lipinski definition) is 0. The number of fused-ring (bicyclic) bond motifs is 1. The van der Waals surface area contributed by atoms with E-state index in [9.17, 15) is 10.1 Å². The topological polar surface area (TPSA) is 44.1 Å². The molecule has 0 spiro atoms. The predicted octanol–water partition coefficient (Wildman–Crippen LogP) is 3.35. The van der Waals surface area contributed by atoms with Crippen molar-refractivity contribution >= 4 is 5.91 Å². The maximum absolute atomic E-state index is 12.6. The van der Waals surface area contributed by atoms with Crippen LogP contribution in [0.2, 0.25) is 0 Å². The molecule has 3 nitrogen and oxygen atoms in total. The second-order valence-corrected chi connectivity index (χ2v) is 5.61. The van der Waals surface area contributed by atoms with Crippen LogP contribution in [0.1, 0.15) is 36.0 Å². The van der Waals surface area contributed by atoms with Gasteiger partial charge in [-0.1, -0.05) is 37.1 Å². The zero-order valence-corrected chi connectivity index (χ0v) is 11.4. The second kappa shape index (κ2) is 5.50. The summed E-state index contributed by atoms with van der Waals surface area (Å²) >= 11 is 0. The zero-order valence-electron chi connectivity index (χ0n) is 11.4. The molecular formula is C17H18N2O. The molecule has 102 valence electrons. The molecule has 1 saturated carbocycles. The first-order valence-electron chi connectivity index (χ1n) is 7.27. The first-order valence-corrected chi connectivity index (χ1v) is 7.27. The van der Waals surface area contributed by atoms with Crippen molar-refractivity contribution in [2.75, 3.05) is 0 Å². The van der Waals surface area contributed by atoms with Crippen LogP contribution in [0.15, 0.2) is 42.6 Å². The number of nitrogens with zero attached hydrogens (tertiary/aromatic N) is 2. The van der Waals surface area contributed by atoms with Crippen LogP contribution in [0.5, 0.6) is 0 Å². The van der Waals surface area contributed by atoms with Crippen LogP contribution >= 0.6 is 0 Å². The first-order chi connectivity index (χ1) is 9.81. The molecule has 0 N–H and O–H groups in total. The lowest BCUT2D eigenvalue weighted by molar-refractivity contribution is 0.0687. The number of rotatable bonds is 1. The van der Waals surface area contributed by atoms with Crippen LogP contribution in [0.3, 0.4) is 0 Å². The SMILES string of the molecule is N#C[C@H]1[C@H]2CCCC[C@H]2C=CN1C(=O)c1ccccc1. The molecule has 2 aliphatic rings. The Morgan fingerprint density at radius 3 is 2.70 bits per heavy atom. The van der Waals surface area contributed by atoms with E-state index in [2.05, 4.69) is 12.1 Å². The highest BCUT2D eigenvalue weighted by molar-refractivity contribution is 5.95. The standard InChI is InChI=1S/C17H18N2O/c18-12-16-15-9-5-4-6-13(15)10-11-19(16)17(20)14-7-2-1-3-8-14/h1-3,7-8,10-11,13,15-16H,4-6,9H2/t13-,15-,16-/m0/s1. The van der Waals surface area contributed by atoms with Gasteiger partial charge >= 0.3 is 0 Å². The van der Waals surface area contributed by atoms with Crippen molar-refractivity contribution in [1.82, 2.24) is 4.90 Å². The van der Waals surface area contributed by atoms with Crippen LogP contribution in [0.4, 0.5) is 0 Å². The molecule has 3 rings (SSSR count). The molecule has 3 heteroatoms. The number of carbonyl (C=O) groups is 1. The molecule has 0 radical (unpaired) electrons. The quantitative estimate of drug-likeness (QED) is 0.782. The molecular weight excluding hydrogens is 248 g/mol. The van der Waals surface area contributed by atoms with Gasteiger partial charge in [-0.25, -0.2) is 0 Å². The van der Waals surface area contributed by atoms with Crippen molar-refractivity contribution in [1.29, 1.82) is 5.26 Å². The summed E-state index contributed by atoms with van der Waals surface area (Å²) in [5.41, 5.74) is 0.645. The zero-order chi connectivity index (χ0) is 13.9. The molecule has 0 unspecified atom stereocenters. The largest absolute Gasteiger partial charge is 0.298 e. The van der Waals surface area contributed by atoms with Gasteiger partial charge in [0.05, 0.1) is 6.07 Å². The maximum atomic E-state index is 12.6. The molecule has 1 aliphatic carbocycles. The van der Waals surface area contributed by atoms with Crippen molar-refractivity contribution in [2.45, 2.75) is 31.7 Å². The highest BCUT2D eigenvalue weighted by atomic mass is 16.2. The van der Waals surface area contributed by atoms with E-state index in [1.54, 1.807) is 17.0 Å². The fourth-order valence-electron chi connectivity index (χ4n) is 3.40. The average molecular weight is 266 g/mol. The Morgan fingerprint density at radius 2 is 1.95 bits per heavy atom. The minimum Gasteiger partial charge on any atom is -0.298 e. The van der Waals surface area contributed by atoms with E-state index in [-0.39, 0.29) is 11.9 Å². The van der Waals surface area contributed by atoms with E-state index < -0.39 is 0 Å². The Labute approximate surface area is 119 Å². The van der Waals surface area contributed by atoms with E-state index in [4.69, 9.17) is 0 Å². The van der Waals surface area contributed by atoms with Crippen molar-refractivity contribution in [3.63, 3.8) is 0 Å². The van der Waals surface area contributed by atoms with Gasteiger partial charge in [-0.15, -0.1) is 0 Å². The molecule has 0 bridgehead atoms. The summed E-state index contributed by atoms with van der Waals surface area (Å²) in [6.07, 6.45) is 8.55. The maximum Gasteiger partial charge on any atom is 0.258 e. The molecule has 1 aliphatic heterocycles. The van der Waals surface area contributed by atoms with Crippen molar-refractivity contribution in [3.05, 3.63) is 48.2 Å². The van der Waals surface area contributed by atoms with Gasteiger partial charge in [-0.2, -0.15) is 5.26 Å². The molecule has 1 amide bonds. The number of nitriles is 1. The van der Waals surface area contributed by atoms with Gasteiger partial charge in [0.1, 0.15) is 6.04 Å². The van der Waals surface area contributed by atoms with Crippen LogP contribution in [-0.2, 0) is 0 Å². The number of amides is 1. The van der Waals surface area contributed by atoms with Crippen LogP contribution < -0.4 is 0 Å². The summed E-state index contributed by atoms with van der Waals surface area (Å²) in [5, 5.41) is 9.52. The fraction of sp³-hybridized carbons (Fsp3) is 0.412. The Balaban J connectivity index is 1.89. The van der Waals surface area contributed by atoms with Gasteiger partial charge in [-0.3, -0.25) is 9.69 Å². The van der Waals surface area contributed by atoms with E-state index >= 15 is 0 Å². The molecule has 3 atom stereocenters. The third-order valence-corrected chi connectivity index (χ3v) is 4.46. The normalized spacial score (nSPS) is 28.6. The summed E-state index contributed by atoms with van der Waals surface area (Å²) in [5.74, 6) is 0.692. The van der Waals surface area contributed by atoms with Gasteiger partial charge < -0.3 is 0 Å². The highest BCUT2D eigenvalue weighted by Crippen LogP contribution is 2.38. The Hall–Kier alpha value is -2.08. The van der Waals surface area contributed by atoms with Crippen LogP contribution in [0, 0.1) is 23.2 Å². The monoisotopic (exact) mass is 266 g/mol. The minimum absolute atomic E-state index is 0.0718. The lowest BCUT2D eigenvalue weighted by atomic mass is 9.73. The summed E-state index contributed by atoms with van der Waals surface area (Å²) < 4.78 is 0. The molecule has 20 heavy (non-hydrogen) atoms. The lowest BCUT2D eigenvalue weighted by Crippen LogP contribution is -2.46. The van der Waals surface area contributed by atoms with Crippen molar-refractivity contribution in [3.8, 4) is 6.07 Å². The summed E-state index contributed by atoms with van der Waals surface area (Å²) in [6, 6.07) is 11.2. The van der Waals surface area contributed by atoms with Gasteiger partial charge in [-0.05, 0) is 36.8 Å². The first kappa shape index (κ1) is 12.9. The van der Waals surface area contributed by atoms with Crippen LogP contribution in [-0.4, -0.2) is 16.8 Å². The number of benzene rings is 1. The third kappa shape index (κ3) is 2.22. The average Bonchev–Trinajstić information content (AvgIpc) is 2.54. The lowest BCUT2D eigenvalue weighted by Gasteiger charge is -2.40. The van der Waals surface area contributed by atoms with Crippen molar-refractivity contribution in [2.24, 2.45) is 11.8 Å². The third-order valence-electron chi connectivity index (χ3n) is 4.46. The number of carbonyl (C=O) groups excluding carboxylic acids is 1. The smallest absolute Gasteiger partial charge is 0.258 e. The van der Waals surface area contributed by atoms with E-state index in [0.29, 0.717) is 17.4 Å². The highest BCUT2D eigenvalue weighted by Gasteiger charge is 2.38. The molecule has 1 aromatic carbocycles. The van der Waals surface area contributed by atoms with E-state index in [1.807, 2.05) is 24.4 Å². The Kier molecular flexibility index (Phi) is 3.56. The van der Waals surface area contributed by atoms with Gasteiger partial charge in [0.15, 0.2) is 0 Å². The fourth-order valence-corrected chi connectivity index (χ4v) is 3.40. The molecule has 1 fully saturated rings. The van der Waals surface area contributed by atoms with E-state index in [1.165, 1.54) is 12.8 Å². The molecule has 0 saturated heterocycles. The van der Waals surface area contributed by atoms with E-state index in [0.717, 1.165) is 12.8 Å². The van der Waals surface area contributed by atoms with Crippen molar-refractivity contribution < 1.29 is 4.79 Å². The predicted molar refractivity (Wildman–Crippen MR) is 76.6 cm³/mol. The Morgan fingerprint density at radius 1 is 1.20 bits per heavy atom. The second-order valence-electron chi connectivity index (χ2n) is 5.61. The molecule has 1 aromatic rings. The van der Waals surface area contributed by atoms with Crippen LogP contribution in [0.25, 0.3) is 0 Å². The summed E-state index contributed by atoms with van der Waals surface area (Å²) in [6.45, 7) is 0. The summed E-state index contributed by atoms with van der Waals surface area (Å²) in [4.78, 5) is 14.2. The molecule has 1 heterocycles.